The Labute approximate surface area is 135 Å². The first kappa shape index (κ1) is 16.2. The van der Waals surface area contributed by atoms with Gasteiger partial charge in [-0.1, -0.05) is 56.6 Å². The number of rotatable bonds is 3. The lowest BCUT2D eigenvalue weighted by Crippen LogP contribution is -2.10. The number of carboxylic acids is 1. The molecule has 0 aliphatic heterocycles. The van der Waals surface area contributed by atoms with Gasteiger partial charge in [0.05, 0.1) is 0 Å². The van der Waals surface area contributed by atoms with Crippen LogP contribution in [0.15, 0.2) is 48.7 Å². The fourth-order valence-electron chi connectivity index (χ4n) is 2.18. The van der Waals surface area contributed by atoms with E-state index in [9.17, 15) is 4.79 Å². The predicted molar refractivity (Wildman–Crippen MR) is 89.1 cm³/mol. The molecule has 0 unspecified atom stereocenters. The summed E-state index contributed by atoms with van der Waals surface area (Å²) >= 11 is 5.91. The van der Waals surface area contributed by atoms with Gasteiger partial charge < -0.3 is 5.11 Å². The van der Waals surface area contributed by atoms with Crippen LogP contribution in [0.2, 0.25) is 5.15 Å². The van der Waals surface area contributed by atoms with Crippen LogP contribution in [0.4, 0.5) is 0 Å². The van der Waals surface area contributed by atoms with Gasteiger partial charge in [0.2, 0.25) is 0 Å². The van der Waals surface area contributed by atoms with E-state index in [1.54, 1.807) is 18.3 Å². The molecule has 1 aromatic heterocycles. The zero-order valence-corrected chi connectivity index (χ0v) is 13.6. The van der Waals surface area contributed by atoms with Gasteiger partial charge in [-0.3, -0.25) is 0 Å². The Hall–Kier alpha value is -2.13. The third-order valence-corrected chi connectivity index (χ3v) is 3.57. The Morgan fingerprint density at radius 2 is 1.77 bits per heavy atom. The average Bonchev–Trinajstić information content (AvgIpc) is 2.44. The van der Waals surface area contributed by atoms with Crippen LogP contribution in [0, 0.1) is 0 Å². The van der Waals surface area contributed by atoms with Crippen LogP contribution in [-0.4, -0.2) is 16.1 Å². The summed E-state index contributed by atoms with van der Waals surface area (Å²) in [6.07, 6.45) is 2.76. The average molecular weight is 316 g/mol. The van der Waals surface area contributed by atoms with Crippen LogP contribution < -0.4 is 0 Å². The first-order valence-electron chi connectivity index (χ1n) is 6.95. The van der Waals surface area contributed by atoms with Crippen LogP contribution in [-0.2, 0) is 10.2 Å². The molecule has 2 aromatic rings. The lowest BCUT2D eigenvalue weighted by Gasteiger charge is -2.19. The van der Waals surface area contributed by atoms with Crippen molar-refractivity contribution in [2.24, 2.45) is 0 Å². The third-order valence-electron chi connectivity index (χ3n) is 3.37. The molecule has 0 aliphatic carbocycles. The Morgan fingerprint density at radius 1 is 1.14 bits per heavy atom. The van der Waals surface area contributed by atoms with Gasteiger partial charge in [0, 0.05) is 12.3 Å². The van der Waals surface area contributed by atoms with Crippen LogP contribution in [0.25, 0.3) is 5.57 Å². The summed E-state index contributed by atoms with van der Waals surface area (Å²) in [7, 11) is 0. The van der Waals surface area contributed by atoms with E-state index in [-0.39, 0.29) is 5.41 Å². The molecule has 1 aromatic carbocycles. The van der Waals surface area contributed by atoms with Gasteiger partial charge in [-0.25, -0.2) is 9.78 Å². The fraction of sp³-hybridized carbons (Fsp3) is 0.222. The lowest BCUT2D eigenvalue weighted by molar-refractivity contribution is -0.131. The number of carbonyl (C=O) groups is 1. The van der Waals surface area contributed by atoms with Gasteiger partial charge >= 0.3 is 5.97 Å². The molecule has 3 nitrogen and oxygen atoms in total. The number of aliphatic carboxylic acids is 1. The number of aromatic nitrogens is 1. The van der Waals surface area contributed by atoms with Gasteiger partial charge in [0.25, 0.3) is 0 Å². The fourth-order valence-corrected chi connectivity index (χ4v) is 2.35. The van der Waals surface area contributed by atoms with E-state index in [0.29, 0.717) is 10.7 Å². The predicted octanol–water partition coefficient (Wildman–Crippen LogP) is 4.55. The van der Waals surface area contributed by atoms with Gasteiger partial charge in [0.1, 0.15) is 5.15 Å². The molecule has 0 radical (unpaired) electrons. The van der Waals surface area contributed by atoms with E-state index < -0.39 is 5.97 Å². The highest BCUT2D eigenvalue weighted by atomic mass is 35.5. The number of carboxylic acid groups (broad SMARTS) is 1. The molecule has 1 N–H and O–H groups in total. The summed E-state index contributed by atoms with van der Waals surface area (Å²) < 4.78 is 0. The molecule has 2 rings (SSSR count). The molecule has 114 valence electrons. The molecule has 0 amide bonds. The van der Waals surface area contributed by atoms with Crippen molar-refractivity contribution in [3.05, 3.63) is 70.5 Å². The quantitative estimate of drug-likeness (QED) is 0.668. The Morgan fingerprint density at radius 3 is 2.27 bits per heavy atom. The molecule has 0 spiro atoms. The van der Waals surface area contributed by atoms with Crippen molar-refractivity contribution < 1.29 is 9.90 Å². The minimum atomic E-state index is -0.997. The second-order valence-corrected chi connectivity index (χ2v) is 6.48. The van der Waals surface area contributed by atoms with Gasteiger partial charge in [-0.15, -0.1) is 0 Å². The number of hydrogen-bond donors (Lipinski definition) is 1. The van der Waals surface area contributed by atoms with Gasteiger partial charge in [-0.05, 0) is 39.8 Å². The normalized spacial score (nSPS) is 12.3. The van der Waals surface area contributed by atoms with Crippen LogP contribution in [0.5, 0.6) is 0 Å². The summed E-state index contributed by atoms with van der Waals surface area (Å²) in [6.45, 7) is 6.41. The first-order valence-corrected chi connectivity index (χ1v) is 7.32. The molecule has 0 saturated heterocycles. The minimum absolute atomic E-state index is 0.0508. The number of halogens is 1. The third kappa shape index (κ3) is 3.95. The molecule has 1 heterocycles. The maximum atomic E-state index is 11.1. The summed E-state index contributed by atoms with van der Waals surface area (Å²) in [5, 5.41) is 9.47. The molecule has 0 bridgehead atoms. The summed E-state index contributed by atoms with van der Waals surface area (Å²) in [6, 6.07) is 11.3. The van der Waals surface area contributed by atoms with E-state index in [4.69, 9.17) is 16.7 Å². The minimum Gasteiger partial charge on any atom is -0.478 e. The van der Waals surface area contributed by atoms with E-state index in [2.05, 4.69) is 25.8 Å². The Bertz CT molecular complexity index is 713. The molecule has 22 heavy (non-hydrogen) atoms. The molecule has 4 heteroatoms. The van der Waals surface area contributed by atoms with E-state index >= 15 is 0 Å². The molecule has 0 aliphatic rings. The van der Waals surface area contributed by atoms with Crippen LogP contribution >= 0.6 is 11.6 Å². The number of nitrogens with zero attached hydrogens (tertiary/aromatic N) is 1. The molecule has 0 saturated carbocycles. The summed E-state index contributed by atoms with van der Waals surface area (Å²) in [5.74, 6) is -0.997. The second-order valence-electron chi connectivity index (χ2n) is 6.09. The second kappa shape index (κ2) is 6.32. The van der Waals surface area contributed by atoms with Crippen molar-refractivity contribution >= 4 is 23.1 Å². The van der Waals surface area contributed by atoms with Crippen molar-refractivity contribution in [1.82, 2.24) is 4.98 Å². The van der Waals surface area contributed by atoms with Crippen molar-refractivity contribution in [3.63, 3.8) is 0 Å². The first-order chi connectivity index (χ1) is 10.3. The van der Waals surface area contributed by atoms with Crippen molar-refractivity contribution in [3.8, 4) is 0 Å². The van der Waals surface area contributed by atoms with E-state index in [0.717, 1.165) is 11.1 Å². The SMILES string of the molecule is CC(C)(C)c1ccc(C(=CC(=O)O)c2ccnc(Cl)c2)cc1. The molecule has 0 atom stereocenters. The number of benzene rings is 1. The van der Waals surface area contributed by atoms with Crippen LogP contribution in [0.1, 0.15) is 37.5 Å². The largest absolute Gasteiger partial charge is 0.478 e. The van der Waals surface area contributed by atoms with Gasteiger partial charge in [-0.2, -0.15) is 0 Å². The topological polar surface area (TPSA) is 50.2 Å². The molecular formula is C18H18ClNO2. The highest BCUT2D eigenvalue weighted by Gasteiger charge is 2.14. The molecular weight excluding hydrogens is 298 g/mol. The monoisotopic (exact) mass is 315 g/mol. The smallest absolute Gasteiger partial charge is 0.328 e. The Balaban J connectivity index is 2.50. The summed E-state index contributed by atoms with van der Waals surface area (Å²) in [4.78, 5) is 15.1. The van der Waals surface area contributed by atoms with Crippen molar-refractivity contribution in [2.45, 2.75) is 26.2 Å². The van der Waals surface area contributed by atoms with Crippen molar-refractivity contribution in [2.75, 3.05) is 0 Å². The van der Waals surface area contributed by atoms with E-state index in [1.165, 1.54) is 11.6 Å². The van der Waals surface area contributed by atoms with Crippen LogP contribution in [0.3, 0.4) is 0 Å². The maximum absolute atomic E-state index is 11.1. The van der Waals surface area contributed by atoms with Gasteiger partial charge in [0.15, 0.2) is 0 Å². The highest BCUT2D eigenvalue weighted by molar-refractivity contribution is 6.29. The number of hydrogen-bond acceptors (Lipinski definition) is 2. The highest BCUT2D eigenvalue weighted by Crippen LogP contribution is 2.28. The number of pyridine rings is 1. The zero-order chi connectivity index (χ0) is 16.3. The summed E-state index contributed by atoms with van der Waals surface area (Å²) in [5.41, 5.74) is 3.41. The lowest BCUT2D eigenvalue weighted by atomic mass is 9.85. The standard InChI is InChI=1S/C18H18ClNO2/c1-18(2,3)14-6-4-12(5-7-14)15(11-17(21)22)13-8-9-20-16(19)10-13/h4-11H,1-3H3,(H,21,22). The Kier molecular flexibility index (Phi) is 4.67. The maximum Gasteiger partial charge on any atom is 0.328 e. The molecule has 0 fully saturated rings. The van der Waals surface area contributed by atoms with Crippen molar-refractivity contribution in [1.29, 1.82) is 0 Å². The zero-order valence-electron chi connectivity index (χ0n) is 12.8. The van der Waals surface area contributed by atoms with E-state index in [1.807, 2.05) is 24.3 Å².